The van der Waals surface area contributed by atoms with Gasteiger partial charge in [-0.2, -0.15) is 0 Å². The van der Waals surface area contributed by atoms with Crippen molar-refractivity contribution < 1.29 is 4.79 Å². The van der Waals surface area contributed by atoms with E-state index in [4.69, 9.17) is 0 Å². The van der Waals surface area contributed by atoms with E-state index in [1.807, 2.05) is 4.68 Å². The third kappa shape index (κ3) is 2.20. The molecule has 1 amide bonds. The number of amides is 1. The maximum atomic E-state index is 12.3. The molecule has 4 rings (SSSR count). The van der Waals surface area contributed by atoms with Crippen LogP contribution < -0.4 is 5.32 Å². The lowest BCUT2D eigenvalue weighted by molar-refractivity contribution is -0.120. The Morgan fingerprint density at radius 2 is 2.25 bits per heavy atom. The summed E-state index contributed by atoms with van der Waals surface area (Å²) in [5, 5.41) is 20.6. The van der Waals surface area contributed by atoms with Crippen LogP contribution in [-0.4, -0.2) is 31.1 Å². The highest BCUT2D eigenvalue weighted by Gasteiger charge is 2.29. The molecule has 1 aliphatic heterocycles. The molecule has 0 radical (unpaired) electrons. The number of aromatic nitrogens is 5. The van der Waals surface area contributed by atoms with E-state index >= 15 is 0 Å². The van der Waals surface area contributed by atoms with E-state index < -0.39 is 0 Å². The molecular formula is C12H14N6OS. The number of carbonyl (C=O) groups is 1. The molecule has 2 aromatic rings. The van der Waals surface area contributed by atoms with Gasteiger partial charge in [-0.15, -0.1) is 15.3 Å². The fourth-order valence-corrected chi connectivity index (χ4v) is 3.38. The smallest absolute Gasteiger partial charge is 0.229 e. The highest BCUT2D eigenvalue weighted by atomic mass is 32.1. The average molecular weight is 290 g/mol. The predicted octanol–water partition coefficient (Wildman–Crippen LogP) is 1.21. The highest BCUT2D eigenvalue weighted by molar-refractivity contribution is 7.15. The fourth-order valence-electron chi connectivity index (χ4n) is 2.47. The molecule has 7 nitrogen and oxygen atoms in total. The summed E-state index contributed by atoms with van der Waals surface area (Å²) in [4.78, 5) is 12.3. The standard InChI is InChI=1S/C12H14N6OS/c19-10(8-3-4-18-9(5-8)6-13-17-18)14-12-16-15-11(20-12)7-1-2-7/h6-8H,1-5H2,(H,14,16,19). The number of nitrogens with zero attached hydrogens (tertiary/aromatic N) is 5. The largest absolute Gasteiger partial charge is 0.300 e. The molecule has 0 saturated heterocycles. The second-order valence-electron chi connectivity index (χ2n) is 5.35. The molecule has 1 unspecified atom stereocenters. The number of hydrogen-bond donors (Lipinski definition) is 1. The number of carbonyl (C=O) groups excluding carboxylic acids is 1. The Morgan fingerprint density at radius 1 is 1.35 bits per heavy atom. The molecule has 0 bridgehead atoms. The maximum absolute atomic E-state index is 12.3. The van der Waals surface area contributed by atoms with Gasteiger partial charge in [-0.05, 0) is 19.3 Å². The summed E-state index contributed by atoms with van der Waals surface area (Å²) in [6.07, 6.45) is 5.60. The van der Waals surface area contributed by atoms with Crippen molar-refractivity contribution in [3.63, 3.8) is 0 Å². The molecule has 1 atom stereocenters. The SMILES string of the molecule is O=C(Nc1nnc(C2CC2)s1)C1CCn2nncc2C1. The van der Waals surface area contributed by atoms with E-state index in [0.29, 0.717) is 17.5 Å². The second kappa shape index (κ2) is 4.62. The van der Waals surface area contributed by atoms with Crippen LogP contribution in [0.2, 0.25) is 0 Å². The Balaban J connectivity index is 1.42. The van der Waals surface area contributed by atoms with Crippen molar-refractivity contribution >= 4 is 22.4 Å². The van der Waals surface area contributed by atoms with Crippen molar-refractivity contribution in [2.45, 2.75) is 38.1 Å². The lowest BCUT2D eigenvalue weighted by Gasteiger charge is -2.20. The summed E-state index contributed by atoms with van der Waals surface area (Å²) in [5.41, 5.74) is 1.02. The summed E-state index contributed by atoms with van der Waals surface area (Å²) < 4.78 is 1.86. The average Bonchev–Trinajstić information content (AvgIpc) is 3.02. The minimum absolute atomic E-state index is 0.0240. The predicted molar refractivity (Wildman–Crippen MR) is 72.3 cm³/mol. The van der Waals surface area contributed by atoms with Gasteiger partial charge >= 0.3 is 0 Å². The van der Waals surface area contributed by atoms with Crippen LogP contribution in [0.3, 0.4) is 0 Å². The first-order valence-electron chi connectivity index (χ1n) is 6.81. The van der Waals surface area contributed by atoms with E-state index in [2.05, 4.69) is 25.8 Å². The highest BCUT2D eigenvalue weighted by Crippen LogP contribution is 2.42. The number of nitrogens with one attached hydrogen (secondary N) is 1. The molecule has 104 valence electrons. The topological polar surface area (TPSA) is 85.6 Å². The Labute approximate surface area is 119 Å². The van der Waals surface area contributed by atoms with Crippen LogP contribution in [0.15, 0.2) is 6.20 Å². The molecule has 2 aliphatic rings. The van der Waals surface area contributed by atoms with Crippen molar-refractivity contribution in [1.29, 1.82) is 0 Å². The van der Waals surface area contributed by atoms with Gasteiger partial charge in [0.05, 0.1) is 11.9 Å². The molecule has 1 saturated carbocycles. The van der Waals surface area contributed by atoms with Crippen LogP contribution >= 0.6 is 11.3 Å². The van der Waals surface area contributed by atoms with Gasteiger partial charge in [0.2, 0.25) is 11.0 Å². The number of fused-ring (bicyclic) bond motifs is 1. The van der Waals surface area contributed by atoms with Gasteiger partial charge in [-0.1, -0.05) is 16.6 Å². The number of hydrogen-bond acceptors (Lipinski definition) is 6. The van der Waals surface area contributed by atoms with E-state index in [0.717, 1.165) is 23.7 Å². The van der Waals surface area contributed by atoms with E-state index in [1.165, 1.54) is 24.2 Å². The first-order valence-corrected chi connectivity index (χ1v) is 7.63. The molecule has 0 aromatic carbocycles. The van der Waals surface area contributed by atoms with E-state index in [1.54, 1.807) is 6.20 Å². The summed E-state index contributed by atoms with van der Waals surface area (Å²) in [6, 6.07) is 0. The molecule has 1 aliphatic carbocycles. The monoisotopic (exact) mass is 290 g/mol. The summed E-state index contributed by atoms with van der Waals surface area (Å²) >= 11 is 1.50. The quantitative estimate of drug-likeness (QED) is 0.918. The first kappa shape index (κ1) is 12.0. The van der Waals surface area contributed by atoms with Crippen molar-refractivity contribution in [3.05, 3.63) is 16.9 Å². The number of rotatable bonds is 3. The Morgan fingerprint density at radius 3 is 3.10 bits per heavy atom. The van der Waals surface area contributed by atoms with Crippen LogP contribution in [0.25, 0.3) is 0 Å². The van der Waals surface area contributed by atoms with Crippen LogP contribution in [0.1, 0.15) is 35.9 Å². The Hall–Kier alpha value is -1.83. The first-order chi connectivity index (χ1) is 9.79. The normalized spacial score (nSPS) is 21.5. The van der Waals surface area contributed by atoms with Gasteiger partial charge in [-0.25, -0.2) is 4.68 Å². The molecule has 0 spiro atoms. The third-order valence-electron chi connectivity index (χ3n) is 3.81. The van der Waals surface area contributed by atoms with Gasteiger partial charge in [0.1, 0.15) is 5.01 Å². The zero-order valence-electron chi connectivity index (χ0n) is 10.8. The molecule has 8 heteroatoms. The van der Waals surface area contributed by atoms with Gasteiger partial charge in [0.15, 0.2) is 0 Å². The molecule has 3 heterocycles. The molecule has 1 N–H and O–H groups in total. The zero-order valence-corrected chi connectivity index (χ0v) is 11.6. The maximum Gasteiger partial charge on any atom is 0.229 e. The van der Waals surface area contributed by atoms with Crippen molar-refractivity contribution in [3.8, 4) is 0 Å². The second-order valence-corrected chi connectivity index (χ2v) is 6.36. The number of anilines is 1. The third-order valence-corrected chi connectivity index (χ3v) is 4.81. The fraction of sp³-hybridized carbons (Fsp3) is 0.583. The Bertz CT molecular complexity index is 646. The minimum atomic E-state index is -0.0331. The van der Waals surface area contributed by atoms with Crippen LogP contribution in [-0.2, 0) is 17.8 Å². The van der Waals surface area contributed by atoms with Crippen LogP contribution in [0, 0.1) is 5.92 Å². The van der Waals surface area contributed by atoms with Gasteiger partial charge < -0.3 is 5.32 Å². The van der Waals surface area contributed by atoms with E-state index in [-0.39, 0.29) is 11.8 Å². The number of aryl methyl sites for hydroxylation is 1. The summed E-state index contributed by atoms with van der Waals surface area (Å²) in [6.45, 7) is 0.747. The van der Waals surface area contributed by atoms with Crippen molar-refractivity contribution in [2.24, 2.45) is 5.92 Å². The summed E-state index contributed by atoms with van der Waals surface area (Å²) in [5.74, 6) is 0.568. The minimum Gasteiger partial charge on any atom is -0.300 e. The van der Waals surface area contributed by atoms with Crippen LogP contribution in [0.4, 0.5) is 5.13 Å². The van der Waals surface area contributed by atoms with Crippen molar-refractivity contribution in [1.82, 2.24) is 25.2 Å². The Kier molecular flexibility index (Phi) is 2.76. The molecular weight excluding hydrogens is 276 g/mol. The van der Waals surface area contributed by atoms with Crippen molar-refractivity contribution in [2.75, 3.05) is 5.32 Å². The lowest BCUT2D eigenvalue weighted by Crippen LogP contribution is -2.30. The van der Waals surface area contributed by atoms with Gasteiger partial charge in [0.25, 0.3) is 0 Å². The van der Waals surface area contributed by atoms with Crippen LogP contribution in [0.5, 0.6) is 0 Å². The molecule has 20 heavy (non-hydrogen) atoms. The molecule has 1 fully saturated rings. The lowest BCUT2D eigenvalue weighted by atomic mass is 9.96. The van der Waals surface area contributed by atoms with E-state index in [9.17, 15) is 4.79 Å². The zero-order chi connectivity index (χ0) is 13.5. The molecule has 2 aromatic heterocycles. The van der Waals surface area contributed by atoms with Gasteiger partial charge in [-0.3, -0.25) is 4.79 Å². The van der Waals surface area contributed by atoms with Gasteiger partial charge in [0, 0.05) is 24.8 Å². The summed E-state index contributed by atoms with van der Waals surface area (Å²) in [7, 11) is 0.